The third-order valence-corrected chi connectivity index (χ3v) is 4.76. The van der Waals surface area contributed by atoms with E-state index < -0.39 is 0 Å². The fourth-order valence-electron chi connectivity index (χ4n) is 2.43. The van der Waals surface area contributed by atoms with E-state index in [-0.39, 0.29) is 11.7 Å². The molecule has 0 aliphatic carbocycles. The number of benzene rings is 2. The zero-order chi connectivity index (χ0) is 18.5. The van der Waals surface area contributed by atoms with Crippen LogP contribution in [0.1, 0.15) is 23.7 Å². The minimum atomic E-state index is -0.374. The SMILES string of the molecule is CCCN(C(=O)c1ccc(F)cc1)c1nnc(-c2ccc(OC)cc2)s1. The highest BCUT2D eigenvalue weighted by Gasteiger charge is 2.21. The molecular formula is C19H18FN3O2S. The van der Waals surface area contributed by atoms with E-state index in [9.17, 15) is 9.18 Å². The van der Waals surface area contributed by atoms with Gasteiger partial charge in [0.15, 0.2) is 0 Å². The van der Waals surface area contributed by atoms with Crippen LogP contribution in [0.3, 0.4) is 0 Å². The predicted octanol–water partition coefficient (Wildman–Crippen LogP) is 4.41. The van der Waals surface area contributed by atoms with Gasteiger partial charge in [0, 0.05) is 17.7 Å². The van der Waals surface area contributed by atoms with Gasteiger partial charge < -0.3 is 4.74 Å². The number of hydrogen-bond donors (Lipinski definition) is 0. The van der Waals surface area contributed by atoms with Crippen molar-refractivity contribution >= 4 is 22.4 Å². The third kappa shape index (κ3) is 3.88. The van der Waals surface area contributed by atoms with Crippen LogP contribution in [0.25, 0.3) is 10.6 Å². The Hall–Kier alpha value is -2.80. The van der Waals surface area contributed by atoms with Gasteiger partial charge in [0.25, 0.3) is 5.91 Å². The quantitative estimate of drug-likeness (QED) is 0.644. The summed E-state index contributed by atoms with van der Waals surface area (Å²) < 4.78 is 18.3. The molecule has 0 aliphatic rings. The van der Waals surface area contributed by atoms with Crippen LogP contribution in [0.5, 0.6) is 5.75 Å². The van der Waals surface area contributed by atoms with E-state index in [0.29, 0.717) is 17.2 Å². The molecule has 0 radical (unpaired) electrons. The van der Waals surface area contributed by atoms with E-state index in [2.05, 4.69) is 10.2 Å². The molecule has 0 aliphatic heterocycles. The lowest BCUT2D eigenvalue weighted by Crippen LogP contribution is -2.31. The Morgan fingerprint density at radius 2 is 1.81 bits per heavy atom. The van der Waals surface area contributed by atoms with Gasteiger partial charge in [-0.2, -0.15) is 0 Å². The maximum Gasteiger partial charge on any atom is 0.260 e. The molecule has 0 atom stereocenters. The Labute approximate surface area is 155 Å². The normalized spacial score (nSPS) is 10.6. The van der Waals surface area contributed by atoms with E-state index in [1.54, 1.807) is 12.0 Å². The predicted molar refractivity (Wildman–Crippen MR) is 100 cm³/mol. The summed E-state index contributed by atoms with van der Waals surface area (Å²) in [6.45, 7) is 2.49. The average Bonchev–Trinajstić information content (AvgIpc) is 3.16. The number of carbonyl (C=O) groups excluding carboxylic acids is 1. The molecule has 3 aromatic rings. The minimum Gasteiger partial charge on any atom is -0.497 e. The van der Waals surface area contributed by atoms with Crippen molar-refractivity contribution in [2.75, 3.05) is 18.6 Å². The van der Waals surface area contributed by atoms with Gasteiger partial charge in [0.1, 0.15) is 16.6 Å². The molecule has 0 saturated carbocycles. The van der Waals surface area contributed by atoms with Crippen molar-refractivity contribution < 1.29 is 13.9 Å². The van der Waals surface area contributed by atoms with Crippen molar-refractivity contribution in [3.05, 3.63) is 59.9 Å². The molecule has 0 bridgehead atoms. The van der Waals surface area contributed by atoms with Gasteiger partial charge in [-0.25, -0.2) is 4.39 Å². The molecule has 2 aromatic carbocycles. The van der Waals surface area contributed by atoms with E-state index in [0.717, 1.165) is 22.7 Å². The van der Waals surface area contributed by atoms with Crippen molar-refractivity contribution in [1.29, 1.82) is 0 Å². The van der Waals surface area contributed by atoms with Gasteiger partial charge in [0.05, 0.1) is 7.11 Å². The molecule has 0 spiro atoms. The molecule has 0 fully saturated rings. The number of aromatic nitrogens is 2. The largest absolute Gasteiger partial charge is 0.497 e. The van der Waals surface area contributed by atoms with Gasteiger partial charge in [-0.15, -0.1) is 10.2 Å². The average molecular weight is 371 g/mol. The lowest BCUT2D eigenvalue weighted by Gasteiger charge is -2.18. The molecule has 1 amide bonds. The summed E-state index contributed by atoms with van der Waals surface area (Å²) in [5.74, 6) is 0.170. The van der Waals surface area contributed by atoms with Crippen LogP contribution < -0.4 is 9.64 Å². The second-order valence-electron chi connectivity index (χ2n) is 5.58. The van der Waals surface area contributed by atoms with Crippen LogP contribution >= 0.6 is 11.3 Å². The highest BCUT2D eigenvalue weighted by Crippen LogP contribution is 2.30. The molecular weight excluding hydrogens is 353 g/mol. The summed E-state index contributed by atoms with van der Waals surface area (Å²) in [5.41, 5.74) is 1.32. The lowest BCUT2D eigenvalue weighted by molar-refractivity contribution is 0.0986. The monoisotopic (exact) mass is 371 g/mol. The molecule has 3 rings (SSSR count). The van der Waals surface area contributed by atoms with Gasteiger partial charge in [-0.05, 0) is 55.0 Å². The number of amides is 1. The number of ether oxygens (including phenoxy) is 1. The maximum atomic E-state index is 13.1. The third-order valence-electron chi connectivity index (χ3n) is 3.77. The number of halogens is 1. The number of anilines is 1. The lowest BCUT2D eigenvalue weighted by atomic mass is 10.2. The topological polar surface area (TPSA) is 55.3 Å². The summed E-state index contributed by atoms with van der Waals surface area (Å²) in [7, 11) is 1.61. The van der Waals surface area contributed by atoms with Crippen molar-refractivity contribution in [2.45, 2.75) is 13.3 Å². The van der Waals surface area contributed by atoms with Crippen LogP contribution in [0.15, 0.2) is 48.5 Å². The van der Waals surface area contributed by atoms with Crippen molar-refractivity contribution in [3.63, 3.8) is 0 Å². The standard InChI is InChI=1S/C19H18FN3O2S/c1-3-12-23(18(24)14-4-8-15(20)9-5-14)19-22-21-17(26-19)13-6-10-16(25-2)11-7-13/h4-11H,3,12H2,1-2H3. The van der Waals surface area contributed by atoms with Crippen LogP contribution in [0.4, 0.5) is 9.52 Å². The van der Waals surface area contributed by atoms with Crippen LogP contribution in [0, 0.1) is 5.82 Å². The Kier molecular flexibility index (Phi) is 5.58. The van der Waals surface area contributed by atoms with Crippen molar-refractivity contribution in [3.8, 4) is 16.3 Å². The number of carbonyl (C=O) groups is 1. The Bertz CT molecular complexity index is 879. The van der Waals surface area contributed by atoms with E-state index in [1.165, 1.54) is 35.6 Å². The van der Waals surface area contributed by atoms with Gasteiger partial charge in [-0.1, -0.05) is 18.3 Å². The number of hydrogen-bond acceptors (Lipinski definition) is 5. The van der Waals surface area contributed by atoms with Gasteiger partial charge >= 0.3 is 0 Å². The number of methoxy groups -OCH3 is 1. The molecule has 0 saturated heterocycles. The molecule has 7 heteroatoms. The first-order valence-electron chi connectivity index (χ1n) is 8.17. The summed E-state index contributed by atoms with van der Waals surface area (Å²) in [4.78, 5) is 14.4. The van der Waals surface area contributed by atoms with E-state index in [4.69, 9.17) is 4.74 Å². The Morgan fingerprint density at radius 1 is 1.12 bits per heavy atom. The smallest absolute Gasteiger partial charge is 0.260 e. The first kappa shape index (κ1) is 18.0. The molecule has 1 aromatic heterocycles. The van der Waals surface area contributed by atoms with Crippen LogP contribution in [0.2, 0.25) is 0 Å². The van der Waals surface area contributed by atoms with Crippen molar-refractivity contribution in [2.24, 2.45) is 0 Å². The minimum absolute atomic E-state index is 0.218. The molecule has 1 heterocycles. The Morgan fingerprint density at radius 3 is 2.42 bits per heavy atom. The van der Waals surface area contributed by atoms with E-state index >= 15 is 0 Å². The first-order valence-corrected chi connectivity index (χ1v) is 8.99. The first-order chi connectivity index (χ1) is 12.6. The Balaban J connectivity index is 1.87. The summed E-state index contributed by atoms with van der Waals surface area (Å²) >= 11 is 1.34. The molecule has 26 heavy (non-hydrogen) atoms. The van der Waals surface area contributed by atoms with Gasteiger partial charge in [-0.3, -0.25) is 9.69 Å². The molecule has 0 unspecified atom stereocenters. The molecule has 5 nitrogen and oxygen atoms in total. The summed E-state index contributed by atoms with van der Waals surface area (Å²) in [5, 5.41) is 9.63. The number of rotatable bonds is 6. The molecule has 134 valence electrons. The van der Waals surface area contributed by atoms with E-state index in [1.807, 2.05) is 31.2 Å². The van der Waals surface area contributed by atoms with Gasteiger partial charge in [0.2, 0.25) is 5.13 Å². The van der Waals surface area contributed by atoms with Crippen molar-refractivity contribution in [1.82, 2.24) is 10.2 Å². The second kappa shape index (κ2) is 8.05. The molecule has 0 N–H and O–H groups in total. The number of nitrogens with zero attached hydrogens (tertiary/aromatic N) is 3. The van der Waals surface area contributed by atoms with Crippen LogP contribution in [-0.2, 0) is 0 Å². The fraction of sp³-hybridized carbons (Fsp3) is 0.211. The highest BCUT2D eigenvalue weighted by molar-refractivity contribution is 7.18. The highest BCUT2D eigenvalue weighted by atomic mass is 32.1. The fourth-order valence-corrected chi connectivity index (χ4v) is 3.31. The summed E-state index contributed by atoms with van der Waals surface area (Å²) in [6.07, 6.45) is 0.768. The zero-order valence-corrected chi connectivity index (χ0v) is 15.3. The zero-order valence-electron chi connectivity index (χ0n) is 14.5. The summed E-state index contributed by atoms with van der Waals surface area (Å²) in [6, 6.07) is 13.0. The second-order valence-corrected chi connectivity index (χ2v) is 6.54. The van der Waals surface area contributed by atoms with Crippen LogP contribution in [-0.4, -0.2) is 29.8 Å². The maximum absolute atomic E-state index is 13.1.